The minimum Gasteiger partial charge on any atom is -0.309 e. The van der Waals surface area contributed by atoms with Crippen molar-refractivity contribution in [3.05, 3.63) is 217 Å². The Balaban J connectivity index is 1.11. The Morgan fingerprint density at radius 1 is 0.288 bits per heavy atom. The summed E-state index contributed by atoms with van der Waals surface area (Å²) in [5.41, 5.74) is 12.6. The van der Waals surface area contributed by atoms with Gasteiger partial charge in [-0.3, -0.25) is 0 Å². The van der Waals surface area contributed by atoms with Crippen LogP contribution in [0.15, 0.2) is 206 Å². The summed E-state index contributed by atoms with van der Waals surface area (Å²) in [6.45, 7) is 0. The lowest BCUT2D eigenvalue weighted by atomic mass is 10.0. The first-order valence-electron chi connectivity index (χ1n) is 22.1. The van der Waals surface area contributed by atoms with Crippen LogP contribution in [0, 0.1) is 22.7 Å². The fraction of sp³-hybridized carbons (Fsp3) is 0. The molecule has 10 aromatic carbocycles. The van der Waals surface area contributed by atoms with E-state index in [2.05, 4.69) is 212 Å². The highest BCUT2D eigenvalue weighted by molar-refractivity contribution is 6.27. The van der Waals surface area contributed by atoms with Crippen LogP contribution in [0.5, 0.6) is 0 Å². The normalized spacial score (nSPS) is 11.9. The average Bonchev–Trinajstić information content (AvgIpc) is 4.11. The summed E-state index contributed by atoms with van der Waals surface area (Å²) in [4.78, 5) is 0. The van der Waals surface area contributed by atoms with Gasteiger partial charge in [0, 0.05) is 54.5 Å². The quantitative estimate of drug-likeness (QED) is 0.177. The van der Waals surface area contributed by atoms with Gasteiger partial charge in [-0.05, 0) is 89.6 Å². The second-order valence-electron chi connectivity index (χ2n) is 17.1. The van der Waals surface area contributed by atoms with E-state index < -0.39 is 0 Å². The molecule has 0 atom stereocenters. The van der Waals surface area contributed by atoms with Crippen LogP contribution in [0.4, 0.5) is 0 Å². The molecule has 0 aliphatic heterocycles. The van der Waals surface area contributed by atoms with E-state index in [0.29, 0.717) is 22.5 Å². The minimum absolute atomic E-state index is 0.463. The fourth-order valence-electron chi connectivity index (χ4n) is 11.1. The van der Waals surface area contributed by atoms with Gasteiger partial charge in [0.25, 0.3) is 0 Å². The zero-order valence-electron chi connectivity index (χ0n) is 35.3. The Hall–Kier alpha value is -9.36. The van der Waals surface area contributed by atoms with E-state index in [9.17, 15) is 10.5 Å². The Labute approximate surface area is 377 Å². The molecular formula is C60H34N6. The van der Waals surface area contributed by atoms with Crippen molar-refractivity contribution >= 4 is 98.0 Å². The molecular weight excluding hydrogens is 805 g/mol. The number of hydrogen-bond acceptors (Lipinski definition) is 2. The van der Waals surface area contributed by atoms with Gasteiger partial charge in [-0.2, -0.15) is 10.5 Å². The van der Waals surface area contributed by atoms with E-state index in [1.54, 1.807) is 0 Å². The highest BCUT2D eigenvalue weighted by atomic mass is 15.0. The average molecular weight is 839 g/mol. The molecule has 0 aliphatic carbocycles. The minimum atomic E-state index is 0.463. The van der Waals surface area contributed by atoms with Crippen LogP contribution in [0.1, 0.15) is 11.1 Å². The smallest absolute Gasteiger partial charge is 0.101 e. The molecule has 0 aliphatic rings. The molecule has 0 radical (unpaired) electrons. The van der Waals surface area contributed by atoms with E-state index >= 15 is 0 Å². The molecule has 14 aromatic rings. The van der Waals surface area contributed by atoms with E-state index in [1.165, 1.54) is 10.8 Å². The van der Waals surface area contributed by atoms with E-state index in [1.807, 2.05) is 24.3 Å². The molecule has 4 heterocycles. The van der Waals surface area contributed by atoms with Crippen LogP contribution < -0.4 is 0 Å². The number of hydrogen-bond donors (Lipinski definition) is 0. The summed E-state index contributed by atoms with van der Waals surface area (Å²) in [5, 5.41) is 33.8. The van der Waals surface area contributed by atoms with Crippen molar-refractivity contribution in [2.24, 2.45) is 0 Å². The molecule has 0 saturated carbocycles. The van der Waals surface area contributed by atoms with Gasteiger partial charge in [-0.15, -0.1) is 0 Å². The lowest BCUT2D eigenvalue weighted by Gasteiger charge is -2.16. The molecule has 0 amide bonds. The number of para-hydroxylation sites is 5. The van der Waals surface area contributed by atoms with Gasteiger partial charge in [0.15, 0.2) is 0 Å². The van der Waals surface area contributed by atoms with Gasteiger partial charge < -0.3 is 18.3 Å². The zero-order chi connectivity index (χ0) is 43.6. The third kappa shape index (κ3) is 4.82. The molecule has 0 bridgehead atoms. The lowest BCUT2D eigenvalue weighted by Crippen LogP contribution is -2.04. The predicted molar refractivity (Wildman–Crippen MR) is 271 cm³/mol. The first kappa shape index (κ1) is 36.2. The molecule has 66 heavy (non-hydrogen) atoms. The van der Waals surface area contributed by atoms with Crippen molar-refractivity contribution in [3.8, 4) is 34.9 Å². The van der Waals surface area contributed by atoms with Crippen LogP contribution in [0.2, 0.25) is 0 Å². The van der Waals surface area contributed by atoms with Crippen molar-refractivity contribution in [3.63, 3.8) is 0 Å². The van der Waals surface area contributed by atoms with Gasteiger partial charge in [0.05, 0.1) is 66.6 Å². The lowest BCUT2D eigenvalue weighted by molar-refractivity contribution is 1.12. The van der Waals surface area contributed by atoms with Crippen molar-refractivity contribution in [1.82, 2.24) is 18.3 Å². The Morgan fingerprint density at radius 2 is 0.758 bits per heavy atom. The Kier molecular flexibility index (Phi) is 7.43. The maximum absolute atomic E-state index is 11.4. The summed E-state index contributed by atoms with van der Waals surface area (Å²) in [5.74, 6) is 0. The fourth-order valence-corrected chi connectivity index (χ4v) is 11.1. The highest BCUT2D eigenvalue weighted by Crippen LogP contribution is 2.45. The first-order valence-corrected chi connectivity index (χ1v) is 22.1. The van der Waals surface area contributed by atoms with Crippen LogP contribution in [0.25, 0.3) is 121 Å². The molecule has 14 rings (SSSR count). The van der Waals surface area contributed by atoms with Gasteiger partial charge in [-0.1, -0.05) is 127 Å². The number of nitrogens with zero attached hydrogens (tertiary/aromatic N) is 6. The third-order valence-corrected chi connectivity index (χ3v) is 13.8. The summed E-state index contributed by atoms with van der Waals surface area (Å²) in [6.07, 6.45) is 0. The van der Waals surface area contributed by atoms with Crippen LogP contribution in [-0.2, 0) is 0 Å². The van der Waals surface area contributed by atoms with Crippen molar-refractivity contribution in [1.29, 1.82) is 10.5 Å². The Bertz CT molecular complexity index is 4430. The molecule has 0 spiro atoms. The van der Waals surface area contributed by atoms with Gasteiger partial charge in [0.1, 0.15) is 12.1 Å². The van der Waals surface area contributed by atoms with E-state index in [4.69, 9.17) is 0 Å². The van der Waals surface area contributed by atoms with Crippen LogP contribution in [-0.4, -0.2) is 18.3 Å². The van der Waals surface area contributed by atoms with Crippen molar-refractivity contribution in [2.75, 3.05) is 0 Å². The first-order chi connectivity index (χ1) is 32.7. The molecule has 0 N–H and O–H groups in total. The summed E-state index contributed by atoms with van der Waals surface area (Å²) in [7, 11) is 0. The highest BCUT2D eigenvalue weighted by Gasteiger charge is 2.25. The largest absolute Gasteiger partial charge is 0.309 e. The van der Waals surface area contributed by atoms with Gasteiger partial charge >= 0.3 is 0 Å². The second-order valence-corrected chi connectivity index (χ2v) is 17.1. The van der Waals surface area contributed by atoms with Crippen molar-refractivity contribution < 1.29 is 0 Å². The van der Waals surface area contributed by atoms with E-state index in [-0.39, 0.29) is 0 Å². The maximum atomic E-state index is 11.4. The van der Waals surface area contributed by atoms with Crippen LogP contribution >= 0.6 is 0 Å². The number of benzene rings is 10. The number of aromatic nitrogens is 4. The summed E-state index contributed by atoms with van der Waals surface area (Å²) in [6, 6.07) is 77.5. The monoisotopic (exact) mass is 838 g/mol. The summed E-state index contributed by atoms with van der Waals surface area (Å²) < 4.78 is 9.09. The molecule has 304 valence electrons. The SMILES string of the molecule is N#Cc1cc(-n2c3ccc(-n4c5ccccc5c5ccccc54)cc3c3ccc4c(c5ccccc5n4-c4ccccc4)c32)c(C#N)cc1-n1c2ccccc2c2c3ccccc3ccc21. The number of nitriles is 2. The van der Waals surface area contributed by atoms with Crippen molar-refractivity contribution in [2.45, 2.75) is 0 Å². The van der Waals surface area contributed by atoms with Crippen LogP contribution in [0.3, 0.4) is 0 Å². The maximum Gasteiger partial charge on any atom is 0.101 e. The molecule has 6 nitrogen and oxygen atoms in total. The topological polar surface area (TPSA) is 67.3 Å². The number of fused-ring (bicyclic) bond motifs is 15. The van der Waals surface area contributed by atoms with Gasteiger partial charge in [0.2, 0.25) is 0 Å². The molecule has 0 unspecified atom stereocenters. The Morgan fingerprint density at radius 3 is 1.42 bits per heavy atom. The molecule has 4 aromatic heterocycles. The zero-order valence-corrected chi connectivity index (χ0v) is 35.3. The second kappa shape index (κ2) is 13.6. The third-order valence-electron chi connectivity index (χ3n) is 13.8. The number of rotatable bonds is 4. The van der Waals surface area contributed by atoms with Gasteiger partial charge in [-0.25, -0.2) is 0 Å². The molecule has 6 heteroatoms. The standard InChI is InChI=1S/C60H34N6/c61-35-38-33-57(39(36-62)32-56(38)65-52-25-13-8-20-46(52)58-42-17-5-4-14-37(42)26-29-54(58)65)66-53-30-27-41(64-49-22-10-6-18-43(49)44-19-7-11-23-50(44)64)34-48(53)45-28-31-55-59(60(45)66)47-21-9-12-24-51(47)63(55)40-15-2-1-3-16-40/h1-34H. The summed E-state index contributed by atoms with van der Waals surface area (Å²) >= 11 is 0. The molecule has 0 fully saturated rings. The molecule has 0 saturated heterocycles. The van der Waals surface area contributed by atoms with E-state index in [0.717, 1.165) is 98.6 Å². The predicted octanol–water partition coefficient (Wildman–Crippen LogP) is 15.0.